The van der Waals surface area contributed by atoms with Crippen LogP contribution in [0.5, 0.6) is 0 Å². The van der Waals surface area contributed by atoms with Crippen LogP contribution in [0.2, 0.25) is 0 Å². The molecule has 1 aromatic carbocycles. The normalized spacial score (nSPS) is 14.6. The van der Waals surface area contributed by atoms with E-state index in [1.807, 2.05) is 18.4 Å². The fourth-order valence-corrected chi connectivity index (χ4v) is 1.75. The molecule has 0 aliphatic rings. The first-order valence-corrected chi connectivity index (χ1v) is 5.77. The lowest BCUT2D eigenvalue weighted by Crippen LogP contribution is -2.24. The van der Waals surface area contributed by atoms with E-state index in [0.717, 1.165) is 4.90 Å². The third-order valence-electron chi connectivity index (χ3n) is 2.21. The van der Waals surface area contributed by atoms with Gasteiger partial charge in [0.15, 0.2) is 0 Å². The molecule has 0 bridgehead atoms. The summed E-state index contributed by atoms with van der Waals surface area (Å²) in [5.41, 5.74) is -0.675. The number of carboxylic acids is 1. The number of aliphatic hydroxyl groups is 1. The van der Waals surface area contributed by atoms with Crippen LogP contribution < -0.4 is 0 Å². The van der Waals surface area contributed by atoms with Gasteiger partial charge >= 0.3 is 5.97 Å². The molecule has 82 valence electrons. The molecule has 1 rings (SSSR count). The number of rotatable bonds is 4. The Morgan fingerprint density at radius 1 is 1.40 bits per heavy atom. The predicted molar refractivity (Wildman–Crippen MR) is 60.0 cm³/mol. The molecule has 0 spiro atoms. The summed E-state index contributed by atoms with van der Waals surface area (Å²) in [5.74, 6) is -1.01. The minimum absolute atomic E-state index is 0.286. The van der Waals surface area contributed by atoms with Gasteiger partial charge in [0.1, 0.15) is 0 Å². The molecule has 0 heterocycles. The molecule has 0 amide bonds. The van der Waals surface area contributed by atoms with E-state index in [1.165, 1.54) is 6.92 Å². The minimum Gasteiger partial charge on any atom is -0.481 e. The number of carboxylic acid groups (broad SMARTS) is 1. The summed E-state index contributed by atoms with van der Waals surface area (Å²) in [4.78, 5) is 11.6. The first kappa shape index (κ1) is 12.1. The van der Waals surface area contributed by atoms with E-state index in [2.05, 4.69) is 0 Å². The van der Waals surface area contributed by atoms with E-state index in [0.29, 0.717) is 5.56 Å². The molecule has 1 unspecified atom stereocenters. The van der Waals surface area contributed by atoms with Crippen molar-refractivity contribution in [3.05, 3.63) is 29.8 Å². The highest BCUT2D eigenvalue weighted by molar-refractivity contribution is 7.98. The number of aliphatic carboxylic acids is 1. The summed E-state index contributed by atoms with van der Waals surface area (Å²) in [6, 6.07) is 7.26. The van der Waals surface area contributed by atoms with E-state index in [1.54, 1.807) is 23.9 Å². The smallest absolute Gasteiger partial charge is 0.306 e. The fourth-order valence-electron chi connectivity index (χ4n) is 1.35. The van der Waals surface area contributed by atoms with Crippen molar-refractivity contribution >= 4 is 17.7 Å². The fraction of sp³-hybridized carbons (Fsp3) is 0.364. The largest absolute Gasteiger partial charge is 0.481 e. The van der Waals surface area contributed by atoms with Gasteiger partial charge in [0.25, 0.3) is 0 Å². The van der Waals surface area contributed by atoms with E-state index in [9.17, 15) is 9.90 Å². The van der Waals surface area contributed by atoms with Crippen LogP contribution in [0, 0.1) is 0 Å². The maximum absolute atomic E-state index is 10.5. The van der Waals surface area contributed by atoms with Gasteiger partial charge in [-0.15, -0.1) is 11.8 Å². The number of hydrogen-bond acceptors (Lipinski definition) is 3. The predicted octanol–water partition coefficient (Wildman–Crippen LogP) is 2.09. The minimum atomic E-state index is -1.30. The molecule has 15 heavy (non-hydrogen) atoms. The van der Waals surface area contributed by atoms with Crippen molar-refractivity contribution in [3.63, 3.8) is 0 Å². The molecule has 0 radical (unpaired) electrons. The molecule has 0 fully saturated rings. The van der Waals surface area contributed by atoms with Crippen molar-refractivity contribution in [1.29, 1.82) is 0 Å². The topological polar surface area (TPSA) is 57.5 Å². The van der Waals surface area contributed by atoms with Gasteiger partial charge < -0.3 is 10.2 Å². The second kappa shape index (κ2) is 4.68. The third-order valence-corrected chi connectivity index (χ3v) is 2.95. The number of thioether (sulfide) groups is 1. The highest BCUT2D eigenvalue weighted by Gasteiger charge is 2.26. The van der Waals surface area contributed by atoms with Crippen molar-refractivity contribution in [2.24, 2.45) is 0 Å². The Morgan fingerprint density at radius 2 is 1.93 bits per heavy atom. The summed E-state index contributed by atoms with van der Waals surface area (Å²) in [6.45, 7) is 1.51. The molecule has 0 aliphatic carbocycles. The molecule has 0 saturated carbocycles. The summed E-state index contributed by atoms with van der Waals surface area (Å²) < 4.78 is 0. The molecule has 0 saturated heterocycles. The summed E-state index contributed by atoms with van der Waals surface area (Å²) in [5, 5.41) is 18.6. The lowest BCUT2D eigenvalue weighted by atomic mass is 9.93. The Kier molecular flexibility index (Phi) is 3.77. The van der Waals surface area contributed by atoms with Gasteiger partial charge in [0, 0.05) is 4.90 Å². The average molecular weight is 226 g/mol. The Morgan fingerprint density at radius 3 is 2.33 bits per heavy atom. The molecule has 0 aromatic heterocycles. The van der Waals surface area contributed by atoms with Crippen molar-refractivity contribution < 1.29 is 15.0 Å². The van der Waals surface area contributed by atoms with Crippen molar-refractivity contribution in [2.75, 3.05) is 6.26 Å². The quantitative estimate of drug-likeness (QED) is 0.772. The standard InChI is InChI=1S/C11H14O3S/c1-11(14,7-10(12)13)8-3-5-9(15-2)6-4-8/h3-6,14H,7H2,1-2H3,(H,12,13). The summed E-state index contributed by atoms with van der Waals surface area (Å²) >= 11 is 1.60. The van der Waals surface area contributed by atoms with E-state index in [-0.39, 0.29) is 6.42 Å². The first-order valence-electron chi connectivity index (χ1n) is 4.54. The van der Waals surface area contributed by atoms with E-state index >= 15 is 0 Å². The molecule has 1 atom stereocenters. The highest BCUT2D eigenvalue weighted by Crippen LogP contribution is 2.26. The van der Waals surface area contributed by atoms with Gasteiger partial charge in [-0.1, -0.05) is 12.1 Å². The SMILES string of the molecule is CSc1ccc(C(C)(O)CC(=O)O)cc1. The van der Waals surface area contributed by atoms with Crippen LogP contribution in [0.4, 0.5) is 0 Å². The van der Waals surface area contributed by atoms with Gasteiger partial charge in [-0.05, 0) is 30.9 Å². The zero-order chi connectivity index (χ0) is 11.5. The lowest BCUT2D eigenvalue weighted by molar-refractivity contribution is -0.142. The molecule has 3 nitrogen and oxygen atoms in total. The Labute approximate surface area is 93.1 Å². The zero-order valence-electron chi connectivity index (χ0n) is 8.73. The zero-order valence-corrected chi connectivity index (χ0v) is 9.54. The maximum Gasteiger partial charge on any atom is 0.306 e. The second-order valence-corrected chi connectivity index (χ2v) is 4.45. The molecule has 0 aliphatic heterocycles. The van der Waals surface area contributed by atoms with Crippen LogP contribution >= 0.6 is 11.8 Å². The molecular weight excluding hydrogens is 212 g/mol. The van der Waals surface area contributed by atoms with Gasteiger partial charge in [0.05, 0.1) is 12.0 Å². The van der Waals surface area contributed by atoms with Crippen LogP contribution in [0.1, 0.15) is 18.9 Å². The number of benzene rings is 1. The summed E-state index contributed by atoms with van der Waals surface area (Å²) in [6.07, 6.45) is 1.68. The Hall–Kier alpha value is -1.00. The van der Waals surface area contributed by atoms with Crippen LogP contribution in [0.15, 0.2) is 29.2 Å². The third kappa shape index (κ3) is 3.25. The second-order valence-electron chi connectivity index (χ2n) is 3.57. The number of hydrogen-bond donors (Lipinski definition) is 2. The highest BCUT2D eigenvalue weighted by atomic mass is 32.2. The molecular formula is C11H14O3S. The van der Waals surface area contributed by atoms with Crippen molar-refractivity contribution in [3.8, 4) is 0 Å². The molecule has 4 heteroatoms. The monoisotopic (exact) mass is 226 g/mol. The number of carbonyl (C=O) groups is 1. The van der Waals surface area contributed by atoms with Gasteiger partial charge in [-0.2, -0.15) is 0 Å². The van der Waals surface area contributed by atoms with Gasteiger partial charge in [-0.25, -0.2) is 0 Å². The van der Waals surface area contributed by atoms with Crippen LogP contribution in [-0.4, -0.2) is 22.4 Å². The summed E-state index contributed by atoms with van der Waals surface area (Å²) in [7, 11) is 0. The maximum atomic E-state index is 10.5. The van der Waals surface area contributed by atoms with Gasteiger partial charge in [0.2, 0.25) is 0 Å². The van der Waals surface area contributed by atoms with Gasteiger partial charge in [-0.3, -0.25) is 4.79 Å². The van der Waals surface area contributed by atoms with Crippen molar-refractivity contribution in [1.82, 2.24) is 0 Å². The average Bonchev–Trinajstić information content (AvgIpc) is 2.16. The van der Waals surface area contributed by atoms with Crippen LogP contribution in [0.25, 0.3) is 0 Å². The molecule has 1 aromatic rings. The van der Waals surface area contributed by atoms with E-state index in [4.69, 9.17) is 5.11 Å². The van der Waals surface area contributed by atoms with Crippen molar-refractivity contribution in [2.45, 2.75) is 23.8 Å². The van der Waals surface area contributed by atoms with E-state index < -0.39 is 11.6 Å². The Balaban J connectivity index is 2.89. The lowest BCUT2D eigenvalue weighted by Gasteiger charge is -2.21. The Bertz CT molecular complexity index is 343. The first-order chi connectivity index (χ1) is 6.95. The molecule has 2 N–H and O–H groups in total. The van der Waals surface area contributed by atoms with Crippen LogP contribution in [0.3, 0.4) is 0 Å². The van der Waals surface area contributed by atoms with Crippen LogP contribution in [-0.2, 0) is 10.4 Å².